The van der Waals surface area contributed by atoms with Crippen LogP contribution in [-0.2, 0) is 27.4 Å². The van der Waals surface area contributed by atoms with Crippen molar-refractivity contribution < 1.29 is 23.7 Å². The number of benzene rings is 4. The Hall–Kier alpha value is -4.13. The zero-order valence-corrected chi connectivity index (χ0v) is 25.3. The molecule has 5 rings (SSSR count). The van der Waals surface area contributed by atoms with Crippen molar-refractivity contribution in [2.75, 3.05) is 26.3 Å². The van der Waals surface area contributed by atoms with Gasteiger partial charge >= 0.3 is 6.09 Å². The van der Waals surface area contributed by atoms with Crippen LogP contribution in [0.4, 0.5) is 4.79 Å². The van der Waals surface area contributed by atoms with E-state index in [1.54, 1.807) is 4.90 Å². The average Bonchev–Trinajstić information content (AvgIpc) is 3.01. The van der Waals surface area contributed by atoms with Crippen molar-refractivity contribution in [2.45, 2.75) is 52.1 Å². The third-order valence-electron chi connectivity index (χ3n) is 7.18. The number of carbonyl (C=O) groups is 1. The molecule has 1 aliphatic rings. The second-order valence-corrected chi connectivity index (χ2v) is 11.8. The first-order valence-electron chi connectivity index (χ1n) is 15.0. The first-order valence-corrected chi connectivity index (χ1v) is 15.0. The molecule has 4 aromatic rings. The predicted octanol–water partition coefficient (Wildman–Crippen LogP) is 8.05. The molecule has 0 fully saturated rings. The van der Waals surface area contributed by atoms with Gasteiger partial charge in [0.1, 0.15) is 17.5 Å². The molecular formula is C37H41NO5. The summed E-state index contributed by atoms with van der Waals surface area (Å²) in [5.41, 5.74) is 3.80. The second-order valence-electron chi connectivity index (χ2n) is 11.8. The van der Waals surface area contributed by atoms with E-state index in [1.165, 1.54) is 16.3 Å². The van der Waals surface area contributed by atoms with E-state index in [2.05, 4.69) is 60.7 Å². The lowest BCUT2D eigenvalue weighted by Crippen LogP contribution is -2.44. The van der Waals surface area contributed by atoms with Gasteiger partial charge in [0.25, 0.3) is 0 Å². The molecule has 0 saturated carbocycles. The molecule has 0 aromatic heterocycles. The van der Waals surface area contributed by atoms with Crippen LogP contribution >= 0.6 is 0 Å². The standard InChI is InChI=1S/C37H41NO5/c1-37(2,3)43-36(39)38-21-20-34(35(25-38)42-27-29-14-15-30-12-7-8-13-32(30)24-29)31-16-18-33(19-17-31)41-23-9-22-40-26-28-10-5-4-6-11-28/h4-8,10-20,24,35H,9,21-23,25-27H2,1-3H3. The molecule has 0 saturated heterocycles. The highest BCUT2D eigenvalue weighted by molar-refractivity contribution is 5.83. The van der Waals surface area contributed by atoms with Crippen molar-refractivity contribution in [3.8, 4) is 5.75 Å². The van der Waals surface area contributed by atoms with Crippen molar-refractivity contribution in [2.24, 2.45) is 0 Å². The van der Waals surface area contributed by atoms with Gasteiger partial charge in [-0.3, -0.25) is 0 Å². The van der Waals surface area contributed by atoms with Gasteiger partial charge in [-0.05, 0) is 72.0 Å². The van der Waals surface area contributed by atoms with Crippen LogP contribution in [0.5, 0.6) is 5.75 Å². The smallest absolute Gasteiger partial charge is 0.410 e. The molecule has 6 heteroatoms. The number of hydrogen-bond acceptors (Lipinski definition) is 5. The largest absolute Gasteiger partial charge is 0.494 e. The molecule has 0 aliphatic carbocycles. The molecule has 0 bridgehead atoms. The second kappa shape index (κ2) is 14.4. The Morgan fingerprint density at radius 3 is 2.33 bits per heavy atom. The van der Waals surface area contributed by atoms with Gasteiger partial charge in [-0.25, -0.2) is 4.79 Å². The van der Waals surface area contributed by atoms with Crippen LogP contribution in [0.15, 0.2) is 103 Å². The van der Waals surface area contributed by atoms with E-state index in [1.807, 2.05) is 63.2 Å². The maximum absolute atomic E-state index is 12.9. The quantitative estimate of drug-likeness (QED) is 0.168. The van der Waals surface area contributed by atoms with Crippen LogP contribution in [-0.4, -0.2) is 49.0 Å². The van der Waals surface area contributed by atoms with Crippen molar-refractivity contribution >= 4 is 22.4 Å². The monoisotopic (exact) mass is 579 g/mol. The Balaban J connectivity index is 1.20. The molecule has 1 amide bonds. The number of nitrogens with zero attached hydrogens (tertiary/aromatic N) is 1. The lowest BCUT2D eigenvalue weighted by Gasteiger charge is -2.34. The summed E-state index contributed by atoms with van der Waals surface area (Å²) in [5, 5.41) is 2.37. The van der Waals surface area contributed by atoms with Crippen molar-refractivity contribution in [1.82, 2.24) is 4.90 Å². The Bertz CT molecular complexity index is 1510. The molecule has 0 radical (unpaired) electrons. The van der Waals surface area contributed by atoms with Gasteiger partial charge in [0, 0.05) is 13.0 Å². The van der Waals surface area contributed by atoms with E-state index < -0.39 is 5.60 Å². The SMILES string of the molecule is CC(C)(C)OC(=O)N1CC=C(c2ccc(OCCCOCc3ccccc3)cc2)C(OCc2ccc3ccccc3c2)C1. The summed E-state index contributed by atoms with van der Waals surface area (Å²) in [4.78, 5) is 14.6. The van der Waals surface area contributed by atoms with E-state index in [9.17, 15) is 4.79 Å². The highest BCUT2D eigenvalue weighted by Gasteiger charge is 2.30. The van der Waals surface area contributed by atoms with Gasteiger partial charge in [0.15, 0.2) is 0 Å². The number of rotatable bonds is 11. The molecule has 6 nitrogen and oxygen atoms in total. The van der Waals surface area contributed by atoms with Gasteiger partial charge in [-0.2, -0.15) is 0 Å². The van der Waals surface area contributed by atoms with Crippen molar-refractivity contribution in [3.63, 3.8) is 0 Å². The molecule has 1 unspecified atom stereocenters. The summed E-state index contributed by atoms with van der Waals surface area (Å²) >= 11 is 0. The first kappa shape index (κ1) is 30.3. The summed E-state index contributed by atoms with van der Waals surface area (Å²) in [6.07, 6.45) is 2.24. The molecule has 224 valence electrons. The Morgan fingerprint density at radius 2 is 1.56 bits per heavy atom. The summed E-state index contributed by atoms with van der Waals surface area (Å²) in [5.74, 6) is 0.812. The lowest BCUT2D eigenvalue weighted by atomic mass is 9.96. The average molecular weight is 580 g/mol. The normalized spacial score (nSPS) is 15.3. The maximum atomic E-state index is 12.9. The van der Waals surface area contributed by atoms with E-state index in [0.717, 1.165) is 28.9 Å². The number of carbonyl (C=O) groups excluding carboxylic acids is 1. The van der Waals surface area contributed by atoms with Crippen LogP contribution in [0.3, 0.4) is 0 Å². The first-order chi connectivity index (χ1) is 20.8. The van der Waals surface area contributed by atoms with E-state index >= 15 is 0 Å². The molecule has 43 heavy (non-hydrogen) atoms. The fraction of sp³-hybridized carbons (Fsp3) is 0.324. The summed E-state index contributed by atoms with van der Waals surface area (Å²) in [7, 11) is 0. The predicted molar refractivity (Wildman–Crippen MR) is 171 cm³/mol. The number of ether oxygens (including phenoxy) is 4. The fourth-order valence-corrected chi connectivity index (χ4v) is 5.02. The Kier molecular flexibility index (Phi) is 10.1. The number of fused-ring (bicyclic) bond motifs is 1. The Labute approximate surface area is 254 Å². The van der Waals surface area contributed by atoms with Crippen LogP contribution in [0.25, 0.3) is 16.3 Å². The van der Waals surface area contributed by atoms with Gasteiger partial charge < -0.3 is 23.8 Å². The van der Waals surface area contributed by atoms with Gasteiger partial charge in [0.2, 0.25) is 0 Å². The van der Waals surface area contributed by atoms with Crippen molar-refractivity contribution in [3.05, 3.63) is 120 Å². The number of amides is 1. The van der Waals surface area contributed by atoms with Crippen LogP contribution in [0, 0.1) is 0 Å². The van der Waals surface area contributed by atoms with Gasteiger partial charge in [0.05, 0.1) is 33.0 Å². The minimum absolute atomic E-state index is 0.304. The third-order valence-corrected chi connectivity index (χ3v) is 7.18. The van der Waals surface area contributed by atoms with Crippen LogP contribution in [0.2, 0.25) is 0 Å². The number of hydrogen-bond donors (Lipinski definition) is 0. The zero-order valence-electron chi connectivity index (χ0n) is 25.3. The highest BCUT2D eigenvalue weighted by atomic mass is 16.6. The van der Waals surface area contributed by atoms with E-state index in [0.29, 0.717) is 39.5 Å². The minimum Gasteiger partial charge on any atom is -0.494 e. The summed E-state index contributed by atoms with van der Waals surface area (Å²) in [6.45, 7) is 8.78. The lowest BCUT2D eigenvalue weighted by molar-refractivity contribution is 0.00690. The Morgan fingerprint density at radius 1 is 0.814 bits per heavy atom. The summed E-state index contributed by atoms with van der Waals surface area (Å²) in [6, 6.07) is 32.9. The van der Waals surface area contributed by atoms with E-state index in [4.69, 9.17) is 18.9 Å². The molecule has 1 heterocycles. The minimum atomic E-state index is -0.563. The fourth-order valence-electron chi connectivity index (χ4n) is 5.02. The van der Waals surface area contributed by atoms with E-state index in [-0.39, 0.29) is 12.2 Å². The molecule has 4 aromatic carbocycles. The maximum Gasteiger partial charge on any atom is 0.410 e. The molecule has 1 aliphatic heterocycles. The van der Waals surface area contributed by atoms with Crippen molar-refractivity contribution in [1.29, 1.82) is 0 Å². The van der Waals surface area contributed by atoms with Gasteiger partial charge in [-0.15, -0.1) is 0 Å². The molecular weight excluding hydrogens is 538 g/mol. The molecule has 0 spiro atoms. The van der Waals surface area contributed by atoms with Crippen LogP contribution in [0.1, 0.15) is 43.9 Å². The molecule has 1 atom stereocenters. The summed E-state index contributed by atoms with van der Waals surface area (Å²) < 4.78 is 23.9. The molecule has 0 N–H and O–H groups in total. The van der Waals surface area contributed by atoms with Crippen LogP contribution < -0.4 is 4.74 Å². The third kappa shape index (κ3) is 8.93. The highest BCUT2D eigenvalue weighted by Crippen LogP contribution is 2.29. The van der Waals surface area contributed by atoms with Gasteiger partial charge in [-0.1, -0.05) is 84.9 Å². The topological polar surface area (TPSA) is 57.2 Å². The zero-order chi connectivity index (χ0) is 30.1.